The molecule has 3 nitrogen and oxygen atoms in total. The quantitative estimate of drug-likeness (QED) is 0.912. The normalized spacial score (nSPS) is 14.9. The summed E-state index contributed by atoms with van der Waals surface area (Å²) in [5, 5.41) is 10.5. The van der Waals surface area contributed by atoms with E-state index in [9.17, 15) is 5.11 Å². The van der Waals surface area contributed by atoms with Crippen LogP contribution in [0.15, 0.2) is 54.9 Å². The molecular formula is C16H21NO2. The molecule has 0 bridgehead atoms. The number of hydrogen-bond donors (Lipinski definition) is 1. The van der Waals surface area contributed by atoms with Crippen LogP contribution in [0.25, 0.3) is 0 Å². The summed E-state index contributed by atoms with van der Waals surface area (Å²) < 4.78 is 7.85. The maximum atomic E-state index is 10.5. The lowest BCUT2D eigenvalue weighted by atomic mass is 9.88. The molecule has 2 atom stereocenters. The number of para-hydroxylation sites is 1. The number of benzene rings is 1. The highest BCUT2D eigenvalue weighted by Gasteiger charge is 2.32. The van der Waals surface area contributed by atoms with Crippen molar-refractivity contribution in [1.29, 1.82) is 0 Å². The molecule has 2 unspecified atom stereocenters. The van der Waals surface area contributed by atoms with Crippen LogP contribution >= 0.6 is 0 Å². The van der Waals surface area contributed by atoms with E-state index in [0.717, 1.165) is 5.75 Å². The molecule has 0 saturated heterocycles. The molecule has 0 spiro atoms. The maximum Gasteiger partial charge on any atom is 0.202 e. The summed E-state index contributed by atoms with van der Waals surface area (Å²) in [5.74, 6) is 0.754. The number of hydrogen-bond acceptors (Lipinski definition) is 2. The monoisotopic (exact) mass is 259 g/mol. The van der Waals surface area contributed by atoms with Crippen molar-refractivity contribution in [2.45, 2.75) is 33.1 Å². The number of ether oxygens (including phenoxy) is 1. The van der Waals surface area contributed by atoms with Crippen molar-refractivity contribution in [3.05, 3.63) is 54.9 Å². The third kappa shape index (κ3) is 3.38. The van der Waals surface area contributed by atoms with Crippen LogP contribution in [-0.2, 0) is 0 Å². The molecule has 0 aliphatic heterocycles. The molecule has 1 aromatic heterocycles. The first-order valence-electron chi connectivity index (χ1n) is 6.51. The molecule has 1 aromatic carbocycles. The molecule has 0 amide bonds. The maximum absolute atomic E-state index is 10.5. The smallest absolute Gasteiger partial charge is 0.202 e. The fourth-order valence-corrected chi connectivity index (χ4v) is 1.87. The van der Waals surface area contributed by atoms with Gasteiger partial charge in [0.25, 0.3) is 0 Å². The van der Waals surface area contributed by atoms with Crippen molar-refractivity contribution in [3.8, 4) is 5.75 Å². The summed E-state index contributed by atoms with van der Waals surface area (Å²) >= 11 is 0. The summed E-state index contributed by atoms with van der Waals surface area (Å²) in [6.45, 7) is 6.01. The van der Waals surface area contributed by atoms with Gasteiger partial charge in [0, 0.05) is 12.4 Å². The minimum atomic E-state index is -0.611. The van der Waals surface area contributed by atoms with Gasteiger partial charge in [-0.05, 0) is 29.7 Å². The van der Waals surface area contributed by atoms with Crippen molar-refractivity contribution < 1.29 is 9.84 Å². The number of nitrogens with zero attached hydrogens (tertiary/aromatic N) is 1. The summed E-state index contributed by atoms with van der Waals surface area (Å²) in [4.78, 5) is 0. The molecular weight excluding hydrogens is 238 g/mol. The molecule has 0 saturated carbocycles. The van der Waals surface area contributed by atoms with E-state index in [1.165, 1.54) is 0 Å². The van der Waals surface area contributed by atoms with E-state index < -0.39 is 12.3 Å². The second kappa shape index (κ2) is 5.49. The van der Waals surface area contributed by atoms with E-state index in [-0.39, 0.29) is 5.41 Å². The Morgan fingerprint density at radius 3 is 2.11 bits per heavy atom. The Morgan fingerprint density at radius 2 is 1.58 bits per heavy atom. The predicted molar refractivity (Wildman–Crippen MR) is 76.0 cm³/mol. The second-order valence-corrected chi connectivity index (χ2v) is 5.76. The first-order valence-corrected chi connectivity index (χ1v) is 6.51. The Labute approximate surface area is 114 Å². The number of aliphatic hydroxyl groups is 1. The standard InChI is InChI=1S/C16H21NO2/c1-16(2,3)14(18)15(17-11-7-8-12-17)19-13-9-5-4-6-10-13/h4-12,14-15,18H,1-3H3. The summed E-state index contributed by atoms with van der Waals surface area (Å²) in [6.07, 6.45) is 2.77. The molecule has 0 fully saturated rings. The van der Waals surface area contributed by atoms with E-state index >= 15 is 0 Å². The van der Waals surface area contributed by atoms with Gasteiger partial charge in [-0.15, -0.1) is 0 Å². The van der Waals surface area contributed by atoms with Gasteiger partial charge in [-0.25, -0.2) is 0 Å². The first kappa shape index (κ1) is 13.7. The van der Waals surface area contributed by atoms with Gasteiger partial charge in [0.05, 0.1) is 0 Å². The molecule has 0 aliphatic carbocycles. The predicted octanol–water partition coefficient (Wildman–Crippen LogP) is 3.47. The minimum Gasteiger partial charge on any atom is -0.467 e. The highest BCUT2D eigenvalue weighted by molar-refractivity contribution is 5.21. The second-order valence-electron chi connectivity index (χ2n) is 5.76. The van der Waals surface area contributed by atoms with E-state index in [0.29, 0.717) is 0 Å². The van der Waals surface area contributed by atoms with Gasteiger partial charge in [-0.1, -0.05) is 39.0 Å². The third-order valence-corrected chi connectivity index (χ3v) is 3.08. The fourth-order valence-electron chi connectivity index (χ4n) is 1.87. The van der Waals surface area contributed by atoms with E-state index in [2.05, 4.69) is 0 Å². The lowest BCUT2D eigenvalue weighted by Crippen LogP contribution is -2.38. The van der Waals surface area contributed by atoms with Gasteiger partial charge >= 0.3 is 0 Å². The van der Waals surface area contributed by atoms with Gasteiger partial charge in [0.2, 0.25) is 6.23 Å². The minimum absolute atomic E-state index is 0.260. The van der Waals surface area contributed by atoms with E-state index in [4.69, 9.17) is 4.74 Å². The molecule has 19 heavy (non-hydrogen) atoms. The molecule has 0 radical (unpaired) electrons. The van der Waals surface area contributed by atoms with Crippen LogP contribution in [0, 0.1) is 5.41 Å². The van der Waals surface area contributed by atoms with Crippen molar-refractivity contribution >= 4 is 0 Å². The number of aliphatic hydroxyl groups excluding tert-OH is 1. The van der Waals surface area contributed by atoms with Gasteiger partial charge in [-0.3, -0.25) is 0 Å². The first-order chi connectivity index (χ1) is 8.98. The molecule has 2 aromatic rings. The molecule has 1 heterocycles. The molecule has 0 aliphatic rings. The molecule has 2 rings (SSSR count). The highest BCUT2D eigenvalue weighted by Crippen LogP contribution is 2.30. The zero-order chi connectivity index (χ0) is 13.9. The SMILES string of the molecule is CC(C)(C)C(O)C(Oc1ccccc1)n1cccc1. The third-order valence-electron chi connectivity index (χ3n) is 3.08. The van der Waals surface area contributed by atoms with Gasteiger partial charge in [-0.2, -0.15) is 0 Å². The lowest BCUT2D eigenvalue weighted by molar-refractivity contribution is -0.0672. The van der Waals surface area contributed by atoms with Crippen LogP contribution in [0.2, 0.25) is 0 Å². The Morgan fingerprint density at radius 1 is 1.00 bits per heavy atom. The fraction of sp³-hybridized carbons (Fsp3) is 0.375. The zero-order valence-corrected chi connectivity index (χ0v) is 11.7. The van der Waals surface area contributed by atoms with Crippen LogP contribution in [-0.4, -0.2) is 15.8 Å². The van der Waals surface area contributed by atoms with E-state index in [1.54, 1.807) is 0 Å². The Hall–Kier alpha value is -1.74. The Bertz CT molecular complexity index is 485. The highest BCUT2D eigenvalue weighted by atomic mass is 16.5. The van der Waals surface area contributed by atoms with Crippen molar-refractivity contribution in [1.82, 2.24) is 4.57 Å². The Kier molecular flexibility index (Phi) is 3.96. The summed E-state index contributed by atoms with van der Waals surface area (Å²) in [7, 11) is 0. The zero-order valence-electron chi connectivity index (χ0n) is 11.7. The lowest BCUT2D eigenvalue weighted by Gasteiger charge is -2.33. The molecule has 1 N–H and O–H groups in total. The van der Waals surface area contributed by atoms with Gasteiger partial charge < -0.3 is 14.4 Å². The average Bonchev–Trinajstić information content (AvgIpc) is 2.89. The van der Waals surface area contributed by atoms with Crippen molar-refractivity contribution in [2.24, 2.45) is 5.41 Å². The summed E-state index contributed by atoms with van der Waals surface area (Å²) in [6, 6.07) is 13.4. The average molecular weight is 259 g/mol. The van der Waals surface area contributed by atoms with Crippen molar-refractivity contribution in [3.63, 3.8) is 0 Å². The number of aromatic nitrogens is 1. The van der Waals surface area contributed by atoms with Gasteiger partial charge in [0.15, 0.2) is 0 Å². The van der Waals surface area contributed by atoms with Crippen molar-refractivity contribution in [2.75, 3.05) is 0 Å². The largest absolute Gasteiger partial charge is 0.467 e. The Balaban J connectivity index is 2.25. The van der Waals surface area contributed by atoms with Crippen LogP contribution in [0.5, 0.6) is 5.75 Å². The van der Waals surface area contributed by atoms with Gasteiger partial charge in [0.1, 0.15) is 11.9 Å². The van der Waals surface area contributed by atoms with Crippen LogP contribution in [0.3, 0.4) is 0 Å². The van der Waals surface area contributed by atoms with Crippen LogP contribution in [0.4, 0.5) is 0 Å². The number of rotatable bonds is 4. The molecule has 102 valence electrons. The van der Waals surface area contributed by atoms with Crippen LogP contribution < -0.4 is 4.74 Å². The molecule has 3 heteroatoms. The summed E-state index contributed by atoms with van der Waals surface area (Å²) in [5.41, 5.74) is -0.260. The topological polar surface area (TPSA) is 34.4 Å². The van der Waals surface area contributed by atoms with Crippen LogP contribution in [0.1, 0.15) is 27.0 Å². The van der Waals surface area contributed by atoms with E-state index in [1.807, 2.05) is 80.2 Å².